The van der Waals surface area contributed by atoms with Crippen molar-refractivity contribution in [3.8, 4) is 6.07 Å². The summed E-state index contributed by atoms with van der Waals surface area (Å²) in [5.41, 5.74) is 2.40. The first kappa shape index (κ1) is 47.1. The number of hydrogen-bond acceptors (Lipinski definition) is 7. The number of thiophene rings is 1. The Kier molecular flexibility index (Phi) is 16.7. The van der Waals surface area contributed by atoms with Gasteiger partial charge in [-0.15, -0.1) is 11.3 Å². The van der Waals surface area contributed by atoms with Crippen LogP contribution in [0.5, 0.6) is 0 Å². The molecule has 0 radical (unpaired) electrons. The quantitative estimate of drug-likeness (QED) is 0.132. The molecule has 1 aromatic heterocycles. The zero-order chi connectivity index (χ0) is 43.1. The molecule has 58 heavy (non-hydrogen) atoms. The van der Waals surface area contributed by atoms with E-state index in [9.17, 15) is 10.1 Å². The third kappa shape index (κ3) is 10.4. The van der Waals surface area contributed by atoms with Gasteiger partial charge >= 0.3 is 0 Å². The minimum absolute atomic E-state index is 0.0124. The molecule has 1 aliphatic carbocycles. The second-order valence-electron chi connectivity index (χ2n) is 17.2. The summed E-state index contributed by atoms with van der Waals surface area (Å²) in [4.78, 5) is 20.3. The summed E-state index contributed by atoms with van der Waals surface area (Å²) in [5.74, 6) is 0.889. The van der Waals surface area contributed by atoms with Crippen molar-refractivity contribution in [3.05, 3.63) is 86.8 Å². The van der Waals surface area contributed by atoms with Crippen LogP contribution in [0.3, 0.4) is 0 Å². The highest BCUT2D eigenvalue weighted by atomic mass is 35.5. The van der Waals surface area contributed by atoms with Gasteiger partial charge in [0.2, 0.25) is 5.88 Å². The maximum Gasteiger partial charge on any atom is 0.209 e. The van der Waals surface area contributed by atoms with E-state index in [-0.39, 0.29) is 39.6 Å². The Morgan fingerprint density at radius 3 is 2.48 bits per heavy atom. The van der Waals surface area contributed by atoms with Crippen molar-refractivity contribution in [2.24, 2.45) is 22.7 Å². The van der Waals surface area contributed by atoms with E-state index >= 15 is 8.78 Å². The number of ketones is 1. The van der Waals surface area contributed by atoms with E-state index < -0.39 is 11.6 Å². The smallest absolute Gasteiger partial charge is 0.209 e. The summed E-state index contributed by atoms with van der Waals surface area (Å²) in [5, 5.41) is 10.9. The van der Waals surface area contributed by atoms with Crippen LogP contribution >= 0.6 is 22.9 Å². The molecule has 316 valence electrons. The predicted molar refractivity (Wildman–Crippen MR) is 240 cm³/mol. The molecule has 3 aliphatic rings. The molecule has 5 rings (SSSR count). The Hall–Kier alpha value is -3.58. The second-order valence-corrected chi connectivity index (χ2v) is 18.7. The molecule has 0 saturated carbocycles. The molecule has 6 nitrogen and oxygen atoms in total. The van der Waals surface area contributed by atoms with Crippen LogP contribution in [0.4, 0.5) is 8.78 Å². The molecule has 0 amide bonds. The van der Waals surface area contributed by atoms with Gasteiger partial charge in [-0.1, -0.05) is 86.1 Å². The molecule has 2 aliphatic heterocycles. The van der Waals surface area contributed by atoms with Crippen LogP contribution in [0.25, 0.3) is 15.7 Å². The standard InChI is InChI=1S/C44H59ClF2N4OS.C4H6O/c1-11-14-37(52-25-44-19-13-20-51(44)24-29(8)22-44)49-41-32(30(9)50(10)36(26(3)4)18-15-28(7)12-2)21-34(45)39(40(41)47)31-16-17-35(46)43-38(31)33(23-48)42(53-43)27(5)6;1-3-4(2)5/h14,16-17,21,26-29,36H,11-13,15,18-20,22,24-25H2,1-10H3;3H,1H2,2H3/b32-30+,37-14-,49-41+;. The molecule has 10 heteroatoms. The molecule has 4 unspecified atom stereocenters. The molecule has 0 bridgehead atoms. The lowest BCUT2D eigenvalue weighted by Crippen LogP contribution is -2.42. The Labute approximate surface area is 356 Å². The number of carbonyl (C=O) groups is 1. The van der Waals surface area contributed by atoms with E-state index in [1.165, 1.54) is 30.4 Å². The minimum atomic E-state index is -0.615. The third-order valence-corrected chi connectivity index (χ3v) is 13.9. The number of rotatable bonds is 15. The van der Waals surface area contributed by atoms with Crippen LogP contribution in [0.1, 0.15) is 136 Å². The van der Waals surface area contributed by atoms with Crippen LogP contribution in [0.15, 0.2) is 69.9 Å². The fraction of sp³-hybridized carbons (Fsp3) is 0.562. The fourth-order valence-corrected chi connectivity index (χ4v) is 10.2. The maximum atomic E-state index is 17.7. The molecule has 1 aromatic carbocycles. The molecule has 0 spiro atoms. The highest BCUT2D eigenvalue weighted by Crippen LogP contribution is 2.47. The number of aliphatic imine (C=N–C) groups is 1. The number of nitrogens with zero attached hydrogens (tertiary/aromatic N) is 4. The van der Waals surface area contributed by atoms with Crippen LogP contribution < -0.4 is 0 Å². The van der Waals surface area contributed by atoms with Gasteiger partial charge < -0.3 is 9.64 Å². The van der Waals surface area contributed by atoms with Gasteiger partial charge in [-0.3, -0.25) is 9.69 Å². The van der Waals surface area contributed by atoms with Crippen molar-refractivity contribution in [3.63, 3.8) is 0 Å². The number of allylic oxidation sites excluding steroid dienone is 8. The Balaban J connectivity index is 0.00000140. The second kappa shape index (κ2) is 20.6. The van der Waals surface area contributed by atoms with Gasteiger partial charge in [0.15, 0.2) is 11.6 Å². The van der Waals surface area contributed by atoms with E-state index in [1.54, 1.807) is 12.1 Å². The average Bonchev–Trinajstić information content (AvgIpc) is 3.86. The molecular weight excluding hydrogens is 770 g/mol. The first-order valence-corrected chi connectivity index (χ1v) is 22.3. The van der Waals surface area contributed by atoms with Gasteiger partial charge in [-0.2, -0.15) is 5.26 Å². The molecule has 2 fully saturated rings. The van der Waals surface area contributed by atoms with Crippen molar-refractivity contribution < 1.29 is 18.3 Å². The van der Waals surface area contributed by atoms with Gasteiger partial charge in [0, 0.05) is 46.7 Å². The third-order valence-electron chi connectivity index (χ3n) is 12.1. The summed E-state index contributed by atoms with van der Waals surface area (Å²) in [6.45, 7) is 26.6. The van der Waals surface area contributed by atoms with Gasteiger partial charge in [0.25, 0.3) is 0 Å². The molecular formula is C48H65ClF2N4O2S. The highest BCUT2D eigenvalue weighted by Gasteiger charge is 2.47. The summed E-state index contributed by atoms with van der Waals surface area (Å²) in [6, 6.07) is 5.41. The van der Waals surface area contributed by atoms with Crippen molar-refractivity contribution in [2.75, 3.05) is 26.7 Å². The van der Waals surface area contributed by atoms with E-state index in [1.807, 2.05) is 33.8 Å². The minimum Gasteiger partial charge on any atom is -0.476 e. The highest BCUT2D eigenvalue weighted by molar-refractivity contribution is 7.19. The predicted octanol–water partition coefficient (Wildman–Crippen LogP) is 13.3. The number of benzene rings is 1. The molecule has 2 saturated heterocycles. The van der Waals surface area contributed by atoms with Crippen LogP contribution in [0, 0.1) is 34.9 Å². The zero-order valence-corrected chi connectivity index (χ0v) is 38.3. The Bertz CT molecular complexity index is 2040. The van der Waals surface area contributed by atoms with E-state index in [2.05, 4.69) is 64.1 Å². The Morgan fingerprint density at radius 2 is 1.90 bits per heavy atom. The first-order valence-electron chi connectivity index (χ1n) is 21.1. The summed E-state index contributed by atoms with van der Waals surface area (Å²) < 4.78 is 40.0. The maximum absolute atomic E-state index is 17.7. The van der Waals surface area contributed by atoms with Crippen LogP contribution in [-0.2, 0) is 9.53 Å². The van der Waals surface area contributed by atoms with Crippen molar-refractivity contribution in [1.82, 2.24) is 9.80 Å². The van der Waals surface area contributed by atoms with Gasteiger partial charge in [0.1, 0.15) is 24.2 Å². The first-order chi connectivity index (χ1) is 27.4. The van der Waals surface area contributed by atoms with Crippen LogP contribution in [-0.4, -0.2) is 59.6 Å². The van der Waals surface area contributed by atoms with Gasteiger partial charge in [-0.05, 0) is 112 Å². The molecule has 3 heterocycles. The number of carbonyl (C=O) groups excluding carboxylic acids is 1. The molecule has 0 N–H and O–H groups in total. The van der Waals surface area contributed by atoms with E-state index in [0.717, 1.165) is 62.2 Å². The number of nitriles is 1. The van der Waals surface area contributed by atoms with Gasteiger partial charge in [-0.25, -0.2) is 13.8 Å². The number of fused-ring (bicyclic) bond motifs is 2. The zero-order valence-electron chi connectivity index (χ0n) is 36.7. The van der Waals surface area contributed by atoms with Crippen molar-refractivity contribution in [1.29, 1.82) is 5.26 Å². The normalized spacial score (nSPS) is 22.5. The van der Waals surface area contributed by atoms with Crippen molar-refractivity contribution in [2.45, 2.75) is 132 Å². The lowest BCUT2D eigenvalue weighted by molar-refractivity contribution is -0.112. The number of ether oxygens (including phenoxy) is 1. The van der Waals surface area contributed by atoms with E-state index in [0.29, 0.717) is 63.5 Å². The lowest BCUT2D eigenvalue weighted by Gasteiger charge is -2.36. The van der Waals surface area contributed by atoms with Crippen molar-refractivity contribution >= 4 is 50.1 Å². The summed E-state index contributed by atoms with van der Waals surface area (Å²) >= 11 is 8.39. The summed E-state index contributed by atoms with van der Waals surface area (Å²) in [7, 11) is 2.08. The average molecular weight is 836 g/mol. The van der Waals surface area contributed by atoms with E-state index in [4.69, 9.17) is 21.3 Å². The number of halogens is 3. The monoisotopic (exact) mass is 834 g/mol. The molecule has 2 aromatic rings. The van der Waals surface area contributed by atoms with Crippen LogP contribution in [0.2, 0.25) is 0 Å². The fourth-order valence-electron chi connectivity index (χ4n) is 8.68. The topological polar surface area (TPSA) is 68.9 Å². The largest absolute Gasteiger partial charge is 0.476 e. The van der Waals surface area contributed by atoms with Gasteiger partial charge in [0.05, 0.1) is 20.8 Å². The molecule has 4 atom stereocenters. The SMILES string of the molecule is C=CC(C)=O.CC/C=C(/N=C1/C(F)=C(c2ccc(F)c3sc(C(C)C)c(C#N)c23)C(Cl)=C/C1=C(/C)N(C)C(CCC(C)CC)C(C)C)OCC12CCCN1CC(C)C2. The summed E-state index contributed by atoms with van der Waals surface area (Å²) in [6.07, 6.45) is 12.2. The Morgan fingerprint density at radius 1 is 1.21 bits per heavy atom. The lowest BCUT2D eigenvalue weighted by atomic mass is 9.88. The number of hydrogen-bond donors (Lipinski definition) is 0.